The van der Waals surface area contributed by atoms with Gasteiger partial charge in [-0.3, -0.25) is 9.78 Å². The van der Waals surface area contributed by atoms with E-state index in [1.165, 1.54) is 5.56 Å². The van der Waals surface area contributed by atoms with E-state index in [9.17, 15) is 4.79 Å². The van der Waals surface area contributed by atoms with E-state index >= 15 is 0 Å². The highest BCUT2D eigenvalue weighted by Crippen LogP contribution is 2.19. The van der Waals surface area contributed by atoms with Gasteiger partial charge in [0.2, 0.25) is 0 Å². The summed E-state index contributed by atoms with van der Waals surface area (Å²) in [6.07, 6.45) is 2.57. The Kier molecular flexibility index (Phi) is 5.25. The summed E-state index contributed by atoms with van der Waals surface area (Å²) in [5.41, 5.74) is 4.12. The zero-order valence-electron chi connectivity index (χ0n) is 14.4. The maximum Gasteiger partial charge on any atom is 0.274 e. The molecule has 1 heterocycles. The van der Waals surface area contributed by atoms with Gasteiger partial charge in [-0.2, -0.15) is 5.26 Å². The van der Waals surface area contributed by atoms with Gasteiger partial charge in [-0.15, -0.1) is 0 Å². The number of nitriles is 1. The van der Waals surface area contributed by atoms with Crippen molar-refractivity contribution in [1.29, 1.82) is 5.26 Å². The van der Waals surface area contributed by atoms with Gasteiger partial charge in [-0.1, -0.05) is 31.2 Å². The molecule has 2 aromatic carbocycles. The number of anilines is 3. The number of aromatic nitrogens is 1. The van der Waals surface area contributed by atoms with Crippen molar-refractivity contribution in [3.05, 3.63) is 83.7 Å². The third-order valence-corrected chi connectivity index (χ3v) is 3.94. The molecule has 0 saturated heterocycles. The van der Waals surface area contributed by atoms with Gasteiger partial charge < -0.3 is 10.6 Å². The quantitative estimate of drug-likeness (QED) is 0.715. The van der Waals surface area contributed by atoms with Crippen molar-refractivity contribution in [3.63, 3.8) is 0 Å². The summed E-state index contributed by atoms with van der Waals surface area (Å²) in [7, 11) is 0. The van der Waals surface area contributed by atoms with Crippen LogP contribution in [-0.2, 0) is 6.42 Å². The predicted molar refractivity (Wildman–Crippen MR) is 102 cm³/mol. The lowest BCUT2D eigenvalue weighted by Crippen LogP contribution is -2.14. The van der Waals surface area contributed by atoms with Crippen LogP contribution in [-0.4, -0.2) is 10.9 Å². The fourth-order valence-corrected chi connectivity index (χ4v) is 2.50. The molecule has 0 radical (unpaired) electrons. The van der Waals surface area contributed by atoms with Gasteiger partial charge in [0.25, 0.3) is 5.91 Å². The molecule has 128 valence electrons. The molecule has 0 spiro atoms. The third-order valence-electron chi connectivity index (χ3n) is 3.94. The number of carbonyl (C=O) groups excluding carboxylic acids is 1. The first-order valence-corrected chi connectivity index (χ1v) is 8.32. The summed E-state index contributed by atoms with van der Waals surface area (Å²) in [5.74, 6) is -0.363. The molecular formula is C21H18N4O. The highest BCUT2D eigenvalue weighted by molar-refractivity contribution is 6.04. The molecule has 0 aliphatic carbocycles. The number of nitrogens with one attached hydrogen (secondary N) is 2. The predicted octanol–water partition coefficient (Wildman–Crippen LogP) is 4.51. The van der Waals surface area contributed by atoms with Crippen molar-refractivity contribution in [2.24, 2.45) is 0 Å². The minimum atomic E-state index is -0.363. The highest BCUT2D eigenvalue weighted by Gasteiger charge is 2.11. The Morgan fingerprint density at radius 2 is 1.85 bits per heavy atom. The first-order valence-electron chi connectivity index (χ1n) is 8.32. The van der Waals surface area contributed by atoms with Crippen LogP contribution in [0.4, 0.5) is 17.1 Å². The van der Waals surface area contributed by atoms with Crippen LogP contribution in [0.2, 0.25) is 0 Å². The number of rotatable bonds is 5. The molecule has 5 heteroatoms. The van der Waals surface area contributed by atoms with Crippen molar-refractivity contribution < 1.29 is 4.79 Å². The third kappa shape index (κ3) is 4.05. The number of hydrogen-bond donors (Lipinski definition) is 2. The maximum absolute atomic E-state index is 12.5. The summed E-state index contributed by atoms with van der Waals surface area (Å²) in [6.45, 7) is 2.11. The van der Waals surface area contributed by atoms with E-state index in [0.29, 0.717) is 11.3 Å². The van der Waals surface area contributed by atoms with Gasteiger partial charge in [0, 0.05) is 17.6 Å². The lowest BCUT2D eigenvalue weighted by molar-refractivity contribution is 0.102. The molecule has 2 N–H and O–H groups in total. The smallest absolute Gasteiger partial charge is 0.274 e. The molecule has 0 unspecified atom stereocenters. The minimum Gasteiger partial charge on any atom is -0.355 e. The summed E-state index contributed by atoms with van der Waals surface area (Å²) >= 11 is 0. The molecule has 1 aromatic heterocycles. The minimum absolute atomic E-state index is 0.271. The molecule has 26 heavy (non-hydrogen) atoms. The number of pyridine rings is 1. The fourth-order valence-electron chi connectivity index (χ4n) is 2.50. The second-order valence-electron chi connectivity index (χ2n) is 5.72. The number of hydrogen-bond acceptors (Lipinski definition) is 4. The van der Waals surface area contributed by atoms with Crippen LogP contribution in [0.3, 0.4) is 0 Å². The molecule has 3 aromatic rings. The zero-order chi connectivity index (χ0) is 18.4. The molecule has 5 nitrogen and oxygen atoms in total. The van der Waals surface area contributed by atoms with Crippen molar-refractivity contribution in [3.8, 4) is 6.07 Å². The summed E-state index contributed by atoms with van der Waals surface area (Å²) in [5, 5.41) is 15.1. The first-order chi connectivity index (χ1) is 12.7. The number of aryl methyl sites for hydroxylation is 1. The second kappa shape index (κ2) is 7.95. The van der Waals surface area contributed by atoms with Crippen molar-refractivity contribution >= 4 is 23.0 Å². The average molecular weight is 342 g/mol. The summed E-state index contributed by atoms with van der Waals surface area (Å²) < 4.78 is 0. The Bertz CT molecular complexity index is 958. The van der Waals surface area contributed by atoms with Crippen LogP contribution in [0.15, 0.2) is 66.9 Å². The number of nitrogens with zero attached hydrogens (tertiary/aromatic N) is 2. The van der Waals surface area contributed by atoms with Gasteiger partial charge in [-0.05, 0) is 48.4 Å². The lowest BCUT2D eigenvalue weighted by Gasteiger charge is -2.09. The molecule has 0 fully saturated rings. The monoisotopic (exact) mass is 342 g/mol. The Labute approximate surface area is 152 Å². The van der Waals surface area contributed by atoms with E-state index in [1.54, 1.807) is 42.6 Å². The largest absolute Gasteiger partial charge is 0.355 e. The lowest BCUT2D eigenvalue weighted by atomic mass is 10.1. The molecule has 3 rings (SSSR count). The fraction of sp³-hybridized carbons (Fsp3) is 0.0952. The Balaban J connectivity index is 1.75. The molecule has 0 aliphatic rings. The van der Waals surface area contributed by atoms with Gasteiger partial charge in [-0.25, -0.2) is 0 Å². The van der Waals surface area contributed by atoms with Gasteiger partial charge in [0.1, 0.15) is 11.8 Å². The van der Waals surface area contributed by atoms with E-state index in [2.05, 4.69) is 40.7 Å². The van der Waals surface area contributed by atoms with Crippen LogP contribution < -0.4 is 10.6 Å². The SMILES string of the molecule is CCc1ccc(Nc2ccnc(C(=O)Nc3ccccc3C#N)c2)cc1. The Morgan fingerprint density at radius 3 is 2.58 bits per heavy atom. The van der Waals surface area contributed by atoms with Crippen molar-refractivity contribution in [2.75, 3.05) is 10.6 Å². The van der Waals surface area contributed by atoms with E-state index in [-0.39, 0.29) is 11.6 Å². The van der Waals surface area contributed by atoms with Gasteiger partial charge >= 0.3 is 0 Å². The van der Waals surface area contributed by atoms with E-state index in [1.807, 2.05) is 12.1 Å². The number of benzene rings is 2. The second-order valence-corrected chi connectivity index (χ2v) is 5.72. The molecule has 0 aliphatic heterocycles. The molecule has 0 atom stereocenters. The topological polar surface area (TPSA) is 77.8 Å². The van der Waals surface area contributed by atoms with E-state index in [0.717, 1.165) is 17.8 Å². The number of para-hydroxylation sites is 1. The first kappa shape index (κ1) is 17.2. The van der Waals surface area contributed by atoms with Crippen LogP contribution >= 0.6 is 0 Å². The van der Waals surface area contributed by atoms with E-state index < -0.39 is 0 Å². The van der Waals surface area contributed by atoms with Gasteiger partial charge in [0.15, 0.2) is 0 Å². The van der Waals surface area contributed by atoms with Crippen molar-refractivity contribution in [1.82, 2.24) is 4.98 Å². The zero-order valence-corrected chi connectivity index (χ0v) is 14.4. The molecule has 0 bridgehead atoms. The standard InChI is InChI=1S/C21H18N4O/c1-2-15-7-9-17(10-8-15)24-18-11-12-23-20(13-18)21(26)25-19-6-4-3-5-16(19)14-22/h3-13H,2H2,1H3,(H,23,24)(H,25,26). The normalized spacial score (nSPS) is 10.0. The molecular weight excluding hydrogens is 324 g/mol. The molecule has 1 amide bonds. The van der Waals surface area contributed by atoms with Crippen LogP contribution in [0, 0.1) is 11.3 Å². The van der Waals surface area contributed by atoms with Gasteiger partial charge in [0.05, 0.1) is 11.3 Å². The van der Waals surface area contributed by atoms with Crippen LogP contribution in [0.1, 0.15) is 28.5 Å². The summed E-state index contributed by atoms with van der Waals surface area (Å²) in [4.78, 5) is 16.6. The van der Waals surface area contributed by atoms with Crippen molar-refractivity contribution in [2.45, 2.75) is 13.3 Å². The van der Waals surface area contributed by atoms with Crippen LogP contribution in [0.5, 0.6) is 0 Å². The highest BCUT2D eigenvalue weighted by atomic mass is 16.1. The van der Waals surface area contributed by atoms with Crippen LogP contribution in [0.25, 0.3) is 0 Å². The maximum atomic E-state index is 12.5. The molecule has 0 saturated carbocycles. The summed E-state index contributed by atoms with van der Waals surface area (Å²) in [6, 6.07) is 20.5. The Hall–Kier alpha value is -3.65. The number of carbonyl (C=O) groups is 1. The average Bonchev–Trinajstić information content (AvgIpc) is 2.69. The Morgan fingerprint density at radius 1 is 1.08 bits per heavy atom. The van der Waals surface area contributed by atoms with E-state index in [4.69, 9.17) is 5.26 Å². The number of amides is 1.